The summed E-state index contributed by atoms with van der Waals surface area (Å²) in [7, 11) is 0. The number of pyridine rings is 1. The molecule has 0 radical (unpaired) electrons. The second kappa shape index (κ2) is 14.6. The Morgan fingerprint density at radius 2 is 0.772 bits per heavy atom. The van der Waals surface area contributed by atoms with Crippen LogP contribution in [0.15, 0.2) is 200 Å². The summed E-state index contributed by atoms with van der Waals surface area (Å²) in [5, 5.41) is 4.86. The third-order valence-electron chi connectivity index (χ3n) is 10.6. The van der Waals surface area contributed by atoms with Crippen molar-refractivity contribution in [2.24, 2.45) is 0 Å². The summed E-state index contributed by atoms with van der Waals surface area (Å²) in [5.41, 5.74) is 12.6. The summed E-state index contributed by atoms with van der Waals surface area (Å²) in [4.78, 5) is 20.0. The number of benzene rings is 8. The molecule has 2 aromatic heterocycles. The highest BCUT2D eigenvalue weighted by Crippen LogP contribution is 2.39. The molecule has 0 saturated carbocycles. The van der Waals surface area contributed by atoms with Crippen LogP contribution in [0.4, 0.5) is 0 Å². The summed E-state index contributed by atoms with van der Waals surface area (Å²) in [5.74, 6) is 1.89. The lowest BCUT2D eigenvalue weighted by atomic mass is 9.90. The Bertz CT molecular complexity index is 3010. The predicted molar refractivity (Wildman–Crippen MR) is 235 cm³/mol. The van der Waals surface area contributed by atoms with E-state index in [1.807, 2.05) is 73.7 Å². The van der Waals surface area contributed by atoms with Gasteiger partial charge in [0.1, 0.15) is 0 Å². The van der Waals surface area contributed by atoms with E-state index in [2.05, 4.69) is 133 Å². The molecule has 0 bridgehead atoms. The lowest BCUT2D eigenvalue weighted by Gasteiger charge is -2.15. The molecule has 0 amide bonds. The summed E-state index contributed by atoms with van der Waals surface area (Å²) in [6.07, 6.45) is 0. The Labute approximate surface area is 331 Å². The molecular formula is C53H36N4. The second-order valence-corrected chi connectivity index (χ2v) is 14.4. The van der Waals surface area contributed by atoms with Crippen LogP contribution in [-0.4, -0.2) is 19.9 Å². The minimum absolute atomic E-state index is 0.620. The molecule has 0 saturated heterocycles. The topological polar surface area (TPSA) is 51.6 Å². The number of rotatable bonds is 7. The van der Waals surface area contributed by atoms with Crippen molar-refractivity contribution in [3.05, 3.63) is 206 Å². The molecule has 0 N–H and O–H groups in total. The second-order valence-electron chi connectivity index (χ2n) is 14.4. The summed E-state index contributed by atoms with van der Waals surface area (Å²) >= 11 is 0. The molecule has 0 aliphatic heterocycles. The lowest BCUT2D eigenvalue weighted by Crippen LogP contribution is -2.00. The molecule has 10 rings (SSSR count). The fourth-order valence-corrected chi connectivity index (χ4v) is 7.73. The number of hydrogen-bond acceptors (Lipinski definition) is 4. The van der Waals surface area contributed by atoms with Crippen LogP contribution in [0.25, 0.3) is 100 Å². The Morgan fingerprint density at radius 1 is 0.281 bits per heavy atom. The van der Waals surface area contributed by atoms with Gasteiger partial charge in [-0.3, -0.25) is 4.98 Å². The molecule has 0 spiro atoms. The van der Waals surface area contributed by atoms with E-state index in [9.17, 15) is 0 Å². The van der Waals surface area contributed by atoms with Gasteiger partial charge < -0.3 is 0 Å². The van der Waals surface area contributed by atoms with E-state index >= 15 is 0 Å². The maximum absolute atomic E-state index is 5.15. The van der Waals surface area contributed by atoms with Gasteiger partial charge in [0.2, 0.25) is 0 Å². The fraction of sp³-hybridized carbons (Fsp3) is 0.0189. The molecule has 268 valence electrons. The van der Waals surface area contributed by atoms with Crippen LogP contribution in [0.3, 0.4) is 0 Å². The molecule has 2 heterocycles. The van der Waals surface area contributed by atoms with Crippen LogP contribution in [0.5, 0.6) is 0 Å². The first-order valence-corrected chi connectivity index (χ1v) is 19.2. The van der Waals surface area contributed by atoms with Crippen molar-refractivity contribution in [1.29, 1.82) is 0 Å². The summed E-state index contributed by atoms with van der Waals surface area (Å²) in [6.45, 7) is 2.03. The van der Waals surface area contributed by atoms with E-state index in [1.54, 1.807) is 0 Å². The maximum atomic E-state index is 5.15. The molecule has 0 aliphatic carbocycles. The normalized spacial score (nSPS) is 11.2. The van der Waals surface area contributed by atoms with E-state index in [0.29, 0.717) is 17.5 Å². The van der Waals surface area contributed by atoms with Crippen molar-refractivity contribution < 1.29 is 0 Å². The fourth-order valence-electron chi connectivity index (χ4n) is 7.73. The van der Waals surface area contributed by atoms with Crippen molar-refractivity contribution in [2.75, 3.05) is 0 Å². The zero-order chi connectivity index (χ0) is 38.1. The van der Waals surface area contributed by atoms with Gasteiger partial charge in [0.05, 0.1) is 5.69 Å². The molecule has 4 nitrogen and oxygen atoms in total. The van der Waals surface area contributed by atoms with Gasteiger partial charge in [0.15, 0.2) is 17.5 Å². The van der Waals surface area contributed by atoms with E-state index in [4.69, 9.17) is 19.9 Å². The molecule has 0 aliphatic rings. The highest BCUT2D eigenvalue weighted by molar-refractivity contribution is 6.14. The number of aromatic nitrogens is 4. The van der Waals surface area contributed by atoms with Crippen LogP contribution in [0.2, 0.25) is 0 Å². The highest BCUT2D eigenvalue weighted by Gasteiger charge is 2.17. The standard InChI is InChI=1S/C53H36N4/c1-35-14-12-25-50(54-35)42-21-13-20-40(30-42)36-26-28-37(29-27-36)43-31-44(49-34-41-19-8-9-22-46(41)47-23-10-11-24-48(47)49)33-45(32-43)53-56-51(38-15-4-2-5-16-38)55-52(57-53)39-17-6-3-7-18-39/h2-34H,1H3. The zero-order valence-corrected chi connectivity index (χ0v) is 31.3. The van der Waals surface area contributed by atoms with Gasteiger partial charge in [-0.15, -0.1) is 0 Å². The zero-order valence-electron chi connectivity index (χ0n) is 31.3. The first kappa shape index (κ1) is 34.0. The van der Waals surface area contributed by atoms with Crippen LogP contribution in [0, 0.1) is 6.92 Å². The monoisotopic (exact) mass is 728 g/mol. The summed E-state index contributed by atoms with van der Waals surface area (Å²) < 4.78 is 0. The molecule has 0 unspecified atom stereocenters. The Hall–Kier alpha value is -7.56. The van der Waals surface area contributed by atoms with Gasteiger partial charge in [-0.2, -0.15) is 0 Å². The smallest absolute Gasteiger partial charge is 0.164 e. The van der Waals surface area contributed by atoms with Crippen molar-refractivity contribution >= 4 is 21.5 Å². The number of nitrogens with zero attached hydrogens (tertiary/aromatic N) is 4. The van der Waals surface area contributed by atoms with Gasteiger partial charge in [0, 0.05) is 27.9 Å². The van der Waals surface area contributed by atoms with Crippen molar-refractivity contribution in [3.63, 3.8) is 0 Å². The molecule has 4 heteroatoms. The third-order valence-corrected chi connectivity index (χ3v) is 10.6. The van der Waals surface area contributed by atoms with Gasteiger partial charge in [-0.05, 0) is 104 Å². The average molecular weight is 729 g/mol. The highest BCUT2D eigenvalue weighted by atomic mass is 15.0. The summed E-state index contributed by atoms with van der Waals surface area (Å²) in [6, 6.07) is 70.3. The SMILES string of the molecule is Cc1cccc(-c2cccc(-c3ccc(-c4cc(-c5nc(-c6ccccc6)nc(-c6ccccc6)n5)cc(-c5cc6ccccc6c6ccccc56)c4)cc3)c2)n1. The molecule has 0 fully saturated rings. The van der Waals surface area contributed by atoms with Crippen molar-refractivity contribution in [3.8, 4) is 78.8 Å². The van der Waals surface area contributed by atoms with E-state index < -0.39 is 0 Å². The van der Waals surface area contributed by atoms with Gasteiger partial charge in [0.25, 0.3) is 0 Å². The Morgan fingerprint density at radius 3 is 1.46 bits per heavy atom. The Balaban J connectivity index is 1.15. The molecule has 8 aromatic carbocycles. The first-order chi connectivity index (χ1) is 28.1. The third kappa shape index (κ3) is 6.75. The first-order valence-electron chi connectivity index (χ1n) is 19.2. The van der Waals surface area contributed by atoms with Gasteiger partial charge >= 0.3 is 0 Å². The maximum Gasteiger partial charge on any atom is 0.164 e. The molecule has 10 aromatic rings. The van der Waals surface area contributed by atoms with E-state index in [1.165, 1.54) is 21.5 Å². The molecule has 57 heavy (non-hydrogen) atoms. The van der Waals surface area contributed by atoms with Crippen LogP contribution in [0.1, 0.15) is 5.69 Å². The number of fused-ring (bicyclic) bond motifs is 3. The van der Waals surface area contributed by atoms with Crippen LogP contribution in [-0.2, 0) is 0 Å². The number of aryl methyl sites for hydroxylation is 1. The van der Waals surface area contributed by atoms with Gasteiger partial charge in [-0.1, -0.05) is 158 Å². The Kier molecular flexibility index (Phi) is 8.69. The van der Waals surface area contributed by atoms with E-state index in [0.717, 1.165) is 67.0 Å². The average Bonchev–Trinajstić information content (AvgIpc) is 3.29. The van der Waals surface area contributed by atoms with Gasteiger partial charge in [-0.25, -0.2) is 15.0 Å². The van der Waals surface area contributed by atoms with Crippen LogP contribution >= 0.6 is 0 Å². The van der Waals surface area contributed by atoms with Crippen LogP contribution < -0.4 is 0 Å². The lowest BCUT2D eigenvalue weighted by molar-refractivity contribution is 1.07. The minimum Gasteiger partial charge on any atom is -0.253 e. The number of hydrogen-bond donors (Lipinski definition) is 0. The quantitative estimate of drug-likeness (QED) is 0.153. The largest absolute Gasteiger partial charge is 0.253 e. The van der Waals surface area contributed by atoms with E-state index in [-0.39, 0.29) is 0 Å². The molecule has 0 atom stereocenters. The van der Waals surface area contributed by atoms with Crippen molar-refractivity contribution in [2.45, 2.75) is 6.92 Å². The minimum atomic E-state index is 0.620. The molecular weight excluding hydrogens is 693 g/mol. The predicted octanol–water partition coefficient (Wildman–Crippen LogP) is 13.6. The van der Waals surface area contributed by atoms with Crippen molar-refractivity contribution in [1.82, 2.24) is 19.9 Å².